The lowest BCUT2D eigenvalue weighted by atomic mass is 9.96. The number of esters is 1. The van der Waals surface area contributed by atoms with Gasteiger partial charge in [0.25, 0.3) is 0 Å². The summed E-state index contributed by atoms with van der Waals surface area (Å²) in [6.07, 6.45) is 1.98. The first kappa shape index (κ1) is 16.3. The van der Waals surface area contributed by atoms with E-state index in [1.807, 2.05) is 60.3 Å². The van der Waals surface area contributed by atoms with Crippen molar-refractivity contribution in [1.29, 1.82) is 0 Å². The molecular formula is C21H19NO4. The molecule has 1 aliphatic heterocycles. The number of rotatable bonds is 4. The average Bonchev–Trinajstić information content (AvgIpc) is 3.21. The number of carbonyl (C=O) groups excluding carboxylic acids is 1. The summed E-state index contributed by atoms with van der Waals surface area (Å²) in [4.78, 5) is 12.5. The average molecular weight is 349 g/mol. The zero-order valence-corrected chi connectivity index (χ0v) is 14.9. The number of aromatic nitrogens is 1. The molecule has 2 heterocycles. The molecule has 0 aliphatic carbocycles. The lowest BCUT2D eigenvalue weighted by molar-refractivity contribution is -0.133. The minimum Gasteiger partial charge on any atom is -0.493 e. The second kappa shape index (κ2) is 6.26. The van der Waals surface area contributed by atoms with E-state index in [-0.39, 0.29) is 12.6 Å². The van der Waals surface area contributed by atoms with E-state index >= 15 is 0 Å². The molecule has 0 amide bonds. The van der Waals surface area contributed by atoms with E-state index in [1.165, 1.54) is 0 Å². The molecule has 2 aromatic carbocycles. The Labute approximate surface area is 151 Å². The number of para-hydroxylation sites is 1. The molecule has 5 heteroatoms. The van der Waals surface area contributed by atoms with Gasteiger partial charge in [-0.1, -0.05) is 24.3 Å². The fraction of sp³-hybridized carbons (Fsp3) is 0.190. The van der Waals surface area contributed by atoms with Crippen LogP contribution in [0.5, 0.6) is 11.5 Å². The Morgan fingerprint density at radius 1 is 1.04 bits per heavy atom. The summed E-state index contributed by atoms with van der Waals surface area (Å²) in [5.74, 6) is 0.967. The van der Waals surface area contributed by atoms with E-state index < -0.39 is 0 Å². The Morgan fingerprint density at radius 2 is 1.81 bits per heavy atom. The molecule has 0 bridgehead atoms. The number of benzene rings is 2. The highest BCUT2D eigenvalue weighted by Crippen LogP contribution is 2.39. The number of ether oxygens (including phenoxy) is 3. The van der Waals surface area contributed by atoms with Crippen LogP contribution in [0.15, 0.2) is 48.7 Å². The first-order valence-electron chi connectivity index (χ1n) is 8.31. The van der Waals surface area contributed by atoms with Gasteiger partial charge in [-0.3, -0.25) is 0 Å². The second-order valence-electron chi connectivity index (χ2n) is 6.17. The Hall–Kier alpha value is -3.21. The summed E-state index contributed by atoms with van der Waals surface area (Å²) in [5, 5.41) is 1.03. The summed E-state index contributed by atoms with van der Waals surface area (Å²) in [7, 11) is 5.17. The lowest BCUT2D eigenvalue weighted by Crippen LogP contribution is -1.98. The van der Waals surface area contributed by atoms with Crippen molar-refractivity contribution in [1.82, 2.24) is 4.57 Å². The number of methoxy groups -OCH3 is 2. The van der Waals surface area contributed by atoms with Crippen LogP contribution in [-0.4, -0.2) is 31.4 Å². The summed E-state index contributed by atoms with van der Waals surface area (Å²) >= 11 is 0. The standard InChI is InChI=1S/C21H19NO4/c1-22-11-15(14-6-4-5-7-17(14)22)20-16(12-26-21(20)23)13-8-9-18(24-2)19(10-13)25-3/h4-11H,12H2,1-3H3. The summed E-state index contributed by atoms with van der Waals surface area (Å²) < 4.78 is 18.1. The van der Waals surface area contributed by atoms with Crippen molar-refractivity contribution in [3.05, 3.63) is 59.8 Å². The van der Waals surface area contributed by atoms with Crippen molar-refractivity contribution in [2.75, 3.05) is 20.8 Å². The molecular weight excluding hydrogens is 330 g/mol. The van der Waals surface area contributed by atoms with Crippen LogP contribution in [0.4, 0.5) is 0 Å². The molecule has 1 aromatic heterocycles. The molecule has 0 unspecified atom stereocenters. The normalized spacial score (nSPS) is 14.0. The summed E-state index contributed by atoms with van der Waals surface area (Å²) in [6, 6.07) is 13.7. The van der Waals surface area contributed by atoms with Gasteiger partial charge in [0, 0.05) is 35.3 Å². The van der Waals surface area contributed by atoms with Gasteiger partial charge in [0.1, 0.15) is 6.61 Å². The highest BCUT2D eigenvalue weighted by molar-refractivity contribution is 6.29. The van der Waals surface area contributed by atoms with Gasteiger partial charge in [-0.25, -0.2) is 4.79 Å². The number of hydrogen-bond donors (Lipinski definition) is 0. The molecule has 0 atom stereocenters. The Bertz CT molecular complexity index is 1050. The zero-order valence-electron chi connectivity index (χ0n) is 14.9. The SMILES string of the molecule is COc1ccc(C2=C(c3cn(C)c4ccccc34)C(=O)OC2)cc1OC. The predicted octanol–water partition coefficient (Wildman–Crippen LogP) is 3.66. The lowest BCUT2D eigenvalue weighted by Gasteiger charge is -2.10. The largest absolute Gasteiger partial charge is 0.493 e. The molecule has 1 aliphatic rings. The Morgan fingerprint density at radius 3 is 2.58 bits per heavy atom. The maximum absolute atomic E-state index is 12.5. The number of nitrogens with zero attached hydrogens (tertiary/aromatic N) is 1. The molecule has 0 N–H and O–H groups in total. The molecule has 4 rings (SSSR count). The number of carbonyl (C=O) groups is 1. The molecule has 0 spiro atoms. The van der Waals surface area contributed by atoms with Crippen molar-refractivity contribution in [3.8, 4) is 11.5 Å². The molecule has 26 heavy (non-hydrogen) atoms. The van der Waals surface area contributed by atoms with E-state index in [9.17, 15) is 4.79 Å². The molecule has 5 nitrogen and oxygen atoms in total. The van der Waals surface area contributed by atoms with Crippen LogP contribution in [0.1, 0.15) is 11.1 Å². The van der Waals surface area contributed by atoms with E-state index in [0.717, 1.165) is 27.6 Å². The van der Waals surface area contributed by atoms with Gasteiger partial charge in [-0.15, -0.1) is 0 Å². The third-order valence-electron chi connectivity index (χ3n) is 4.75. The topological polar surface area (TPSA) is 49.7 Å². The van der Waals surface area contributed by atoms with Crippen LogP contribution < -0.4 is 9.47 Å². The third kappa shape index (κ3) is 2.44. The molecule has 0 saturated heterocycles. The summed E-state index contributed by atoms with van der Waals surface area (Å²) in [5.41, 5.74) is 4.30. The predicted molar refractivity (Wildman–Crippen MR) is 100 cm³/mol. The third-order valence-corrected chi connectivity index (χ3v) is 4.75. The number of hydrogen-bond acceptors (Lipinski definition) is 4. The minimum absolute atomic E-state index is 0.243. The monoisotopic (exact) mass is 349 g/mol. The van der Waals surface area contributed by atoms with Crippen LogP contribution >= 0.6 is 0 Å². The fourth-order valence-corrected chi connectivity index (χ4v) is 3.47. The van der Waals surface area contributed by atoms with Crippen LogP contribution in [0.25, 0.3) is 22.0 Å². The highest BCUT2D eigenvalue weighted by Gasteiger charge is 2.29. The quantitative estimate of drug-likeness (QED) is 0.675. The number of aryl methyl sites for hydroxylation is 1. The van der Waals surface area contributed by atoms with Gasteiger partial charge < -0.3 is 18.8 Å². The second-order valence-corrected chi connectivity index (χ2v) is 6.17. The van der Waals surface area contributed by atoms with E-state index in [2.05, 4.69) is 0 Å². The van der Waals surface area contributed by atoms with Gasteiger partial charge in [0.05, 0.1) is 19.8 Å². The van der Waals surface area contributed by atoms with Gasteiger partial charge >= 0.3 is 5.97 Å². The van der Waals surface area contributed by atoms with Crippen molar-refractivity contribution >= 4 is 28.0 Å². The first-order chi connectivity index (χ1) is 12.6. The van der Waals surface area contributed by atoms with Gasteiger partial charge in [-0.2, -0.15) is 0 Å². The van der Waals surface area contributed by atoms with Crippen LogP contribution in [0.2, 0.25) is 0 Å². The van der Waals surface area contributed by atoms with Crippen LogP contribution in [0.3, 0.4) is 0 Å². The van der Waals surface area contributed by atoms with Gasteiger partial charge in [0.2, 0.25) is 0 Å². The van der Waals surface area contributed by atoms with E-state index in [0.29, 0.717) is 17.1 Å². The van der Waals surface area contributed by atoms with E-state index in [4.69, 9.17) is 14.2 Å². The molecule has 132 valence electrons. The minimum atomic E-state index is -0.300. The Balaban J connectivity index is 1.94. The fourth-order valence-electron chi connectivity index (χ4n) is 3.47. The first-order valence-corrected chi connectivity index (χ1v) is 8.31. The van der Waals surface area contributed by atoms with Gasteiger partial charge in [0.15, 0.2) is 11.5 Å². The van der Waals surface area contributed by atoms with Crippen molar-refractivity contribution < 1.29 is 19.0 Å². The van der Waals surface area contributed by atoms with E-state index in [1.54, 1.807) is 14.2 Å². The smallest absolute Gasteiger partial charge is 0.339 e. The van der Waals surface area contributed by atoms with Crippen molar-refractivity contribution in [2.24, 2.45) is 7.05 Å². The maximum Gasteiger partial charge on any atom is 0.339 e. The summed E-state index contributed by atoms with van der Waals surface area (Å²) in [6.45, 7) is 0.243. The molecule has 0 fully saturated rings. The number of cyclic esters (lactones) is 1. The van der Waals surface area contributed by atoms with Crippen LogP contribution in [0, 0.1) is 0 Å². The van der Waals surface area contributed by atoms with Crippen molar-refractivity contribution in [3.63, 3.8) is 0 Å². The Kier molecular flexibility index (Phi) is 3.92. The molecule has 0 radical (unpaired) electrons. The molecule has 3 aromatic rings. The molecule has 0 saturated carbocycles. The van der Waals surface area contributed by atoms with Crippen LogP contribution in [-0.2, 0) is 16.6 Å². The zero-order chi connectivity index (χ0) is 18.3. The van der Waals surface area contributed by atoms with Gasteiger partial charge in [-0.05, 0) is 23.8 Å². The maximum atomic E-state index is 12.5. The highest BCUT2D eigenvalue weighted by atomic mass is 16.5. The van der Waals surface area contributed by atoms with Crippen molar-refractivity contribution in [2.45, 2.75) is 0 Å². The number of fused-ring (bicyclic) bond motifs is 1.